The molecule has 0 bridgehead atoms. The van der Waals surface area contributed by atoms with Gasteiger partial charge in [0.15, 0.2) is 9.84 Å². The Morgan fingerprint density at radius 2 is 1.87 bits per heavy atom. The lowest BCUT2D eigenvalue weighted by Crippen LogP contribution is -2.09. The van der Waals surface area contributed by atoms with Crippen molar-refractivity contribution in [2.24, 2.45) is 0 Å². The smallest absolute Gasteiger partial charge is 0.175 e. The van der Waals surface area contributed by atoms with Gasteiger partial charge in [0.25, 0.3) is 0 Å². The SMILES string of the molecule is C=C(C)NCc1ccc(S(C)(=O)=O)cc1. The highest BCUT2D eigenvalue weighted by molar-refractivity contribution is 7.90. The topological polar surface area (TPSA) is 46.2 Å². The first-order chi connectivity index (χ1) is 6.89. The Morgan fingerprint density at radius 1 is 1.33 bits per heavy atom. The van der Waals surface area contributed by atoms with Crippen LogP contribution in [-0.2, 0) is 16.4 Å². The van der Waals surface area contributed by atoms with E-state index in [0.717, 1.165) is 11.3 Å². The Bertz CT molecular complexity index is 446. The van der Waals surface area contributed by atoms with Crippen molar-refractivity contribution in [1.29, 1.82) is 0 Å². The van der Waals surface area contributed by atoms with Crippen LogP contribution in [-0.4, -0.2) is 14.7 Å². The quantitative estimate of drug-likeness (QED) is 0.848. The van der Waals surface area contributed by atoms with Crippen LogP contribution in [0.2, 0.25) is 0 Å². The van der Waals surface area contributed by atoms with Gasteiger partial charge in [-0.2, -0.15) is 0 Å². The van der Waals surface area contributed by atoms with Gasteiger partial charge in [-0.25, -0.2) is 8.42 Å². The summed E-state index contributed by atoms with van der Waals surface area (Å²) in [4.78, 5) is 0.349. The van der Waals surface area contributed by atoms with Gasteiger partial charge in [-0.1, -0.05) is 18.7 Å². The van der Waals surface area contributed by atoms with E-state index < -0.39 is 9.84 Å². The molecule has 0 aliphatic rings. The number of benzene rings is 1. The predicted octanol–water partition coefficient (Wildman–Crippen LogP) is 1.71. The maximum Gasteiger partial charge on any atom is 0.175 e. The first-order valence-corrected chi connectivity index (χ1v) is 6.47. The molecule has 82 valence electrons. The van der Waals surface area contributed by atoms with Crippen LogP contribution in [0.15, 0.2) is 41.4 Å². The highest BCUT2D eigenvalue weighted by Crippen LogP contribution is 2.10. The molecule has 1 rings (SSSR count). The van der Waals surface area contributed by atoms with Crippen LogP contribution < -0.4 is 5.32 Å². The monoisotopic (exact) mass is 225 g/mol. The molecule has 0 heterocycles. The fraction of sp³-hybridized carbons (Fsp3) is 0.273. The second-order valence-corrected chi connectivity index (χ2v) is 5.57. The molecule has 15 heavy (non-hydrogen) atoms. The van der Waals surface area contributed by atoms with Gasteiger partial charge in [0.1, 0.15) is 0 Å². The average molecular weight is 225 g/mol. The van der Waals surface area contributed by atoms with E-state index in [4.69, 9.17) is 0 Å². The fourth-order valence-electron chi connectivity index (χ4n) is 1.11. The molecule has 0 aliphatic carbocycles. The molecule has 0 aliphatic heterocycles. The van der Waals surface area contributed by atoms with E-state index in [9.17, 15) is 8.42 Å². The lowest BCUT2D eigenvalue weighted by molar-refractivity contribution is 0.602. The Kier molecular flexibility index (Phi) is 3.52. The first kappa shape index (κ1) is 11.8. The van der Waals surface area contributed by atoms with E-state index in [2.05, 4.69) is 11.9 Å². The highest BCUT2D eigenvalue weighted by atomic mass is 32.2. The number of allylic oxidation sites excluding steroid dienone is 1. The molecule has 1 aromatic rings. The fourth-order valence-corrected chi connectivity index (χ4v) is 1.74. The van der Waals surface area contributed by atoms with Crippen molar-refractivity contribution >= 4 is 9.84 Å². The summed E-state index contributed by atoms with van der Waals surface area (Å²) in [5.41, 5.74) is 1.92. The molecular formula is C11H15NO2S. The van der Waals surface area contributed by atoms with Crippen molar-refractivity contribution in [3.63, 3.8) is 0 Å². The normalized spacial score (nSPS) is 11.1. The number of sulfone groups is 1. The molecule has 0 radical (unpaired) electrons. The molecule has 0 atom stereocenters. The molecule has 0 saturated carbocycles. The molecule has 1 aromatic carbocycles. The summed E-state index contributed by atoms with van der Waals surface area (Å²) in [5.74, 6) is 0. The molecule has 4 heteroatoms. The molecule has 0 aromatic heterocycles. The zero-order chi connectivity index (χ0) is 11.5. The summed E-state index contributed by atoms with van der Waals surface area (Å²) in [7, 11) is -3.09. The van der Waals surface area contributed by atoms with E-state index in [0.29, 0.717) is 11.4 Å². The molecule has 0 amide bonds. The predicted molar refractivity (Wildman–Crippen MR) is 61.2 cm³/mol. The van der Waals surface area contributed by atoms with Crippen LogP contribution in [0, 0.1) is 0 Å². The third-order valence-corrected chi connectivity index (χ3v) is 3.07. The van der Waals surface area contributed by atoms with Gasteiger partial charge in [-0.15, -0.1) is 0 Å². The summed E-state index contributed by atoms with van der Waals surface area (Å²) >= 11 is 0. The molecular weight excluding hydrogens is 210 g/mol. The third kappa shape index (κ3) is 3.75. The van der Waals surface area contributed by atoms with Crippen molar-refractivity contribution in [1.82, 2.24) is 5.32 Å². The van der Waals surface area contributed by atoms with E-state index in [1.807, 2.05) is 6.92 Å². The van der Waals surface area contributed by atoms with Gasteiger partial charge >= 0.3 is 0 Å². The van der Waals surface area contributed by atoms with Crippen LogP contribution in [0.25, 0.3) is 0 Å². The van der Waals surface area contributed by atoms with E-state index in [1.165, 1.54) is 6.26 Å². The summed E-state index contributed by atoms with van der Waals surface area (Å²) in [5, 5.41) is 3.08. The maximum absolute atomic E-state index is 11.2. The Hall–Kier alpha value is -1.29. The van der Waals surface area contributed by atoms with Gasteiger partial charge in [0, 0.05) is 18.5 Å². The van der Waals surface area contributed by atoms with Crippen LogP contribution in [0.5, 0.6) is 0 Å². The van der Waals surface area contributed by atoms with Gasteiger partial charge in [0.05, 0.1) is 4.90 Å². The van der Waals surface area contributed by atoms with Gasteiger partial charge in [-0.05, 0) is 24.6 Å². The highest BCUT2D eigenvalue weighted by Gasteiger charge is 2.05. The Balaban J connectivity index is 2.77. The second-order valence-electron chi connectivity index (χ2n) is 3.55. The zero-order valence-corrected chi connectivity index (χ0v) is 9.76. The summed E-state index contributed by atoms with van der Waals surface area (Å²) in [6.45, 7) is 6.27. The second kappa shape index (κ2) is 4.49. The van der Waals surface area contributed by atoms with Crippen molar-refractivity contribution in [2.75, 3.05) is 6.26 Å². The minimum absolute atomic E-state index is 0.349. The van der Waals surface area contributed by atoms with Crippen LogP contribution >= 0.6 is 0 Å². The van der Waals surface area contributed by atoms with Gasteiger partial charge in [-0.3, -0.25) is 0 Å². The number of nitrogens with one attached hydrogen (secondary N) is 1. The Morgan fingerprint density at radius 3 is 2.27 bits per heavy atom. The van der Waals surface area contributed by atoms with Crippen molar-refractivity contribution in [2.45, 2.75) is 18.4 Å². The largest absolute Gasteiger partial charge is 0.385 e. The first-order valence-electron chi connectivity index (χ1n) is 4.58. The molecule has 3 nitrogen and oxygen atoms in total. The molecule has 0 unspecified atom stereocenters. The van der Waals surface area contributed by atoms with Gasteiger partial charge in [0.2, 0.25) is 0 Å². The van der Waals surface area contributed by atoms with Crippen molar-refractivity contribution < 1.29 is 8.42 Å². The van der Waals surface area contributed by atoms with E-state index in [1.54, 1.807) is 24.3 Å². The minimum atomic E-state index is -3.09. The summed E-state index contributed by atoms with van der Waals surface area (Å²) in [6, 6.07) is 6.83. The minimum Gasteiger partial charge on any atom is -0.385 e. The van der Waals surface area contributed by atoms with E-state index >= 15 is 0 Å². The molecule has 0 fully saturated rings. The lowest BCUT2D eigenvalue weighted by Gasteiger charge is -2.05. The zero-order valence-electron chi connectivity index (χ0n) is 8.95. The Labute approximate surface area is 90.7 Å². The van der Waals surface area contributed by atoms with Crippen LogP contribution in [0.1, 0.15) is 12.5 Å². The maximum atomic E-state index is 11.2. The van der Waals surface area contributed by atoms with Crippen LogP contribution in [0.3, 0.4) is 0 Å². The van der Waals surface area contributed by atoms with Crippen LogP contribution in [0.4, 0.5) is 0 Å². The van der Waals surface area contributed by atoms with E-state index in [-0.39, 0.29) is 0 Å². The van der Waals surface area contributed by atoms with Crippen molar-refractivity contribution in [3.8, 4) is 0 Å². The summed E-state index contributed by atoms with van der Waals surface area (Å²) in [6.07, 6.45) is 1.20. The average Bonchev–Trinajstić information content (AvgIpc) is 2.14. The molecule has 0 saturated heterocycles. The van der Waals surface area contributed by atoms with Crippen molar-refractivity contribution in [3.05, 3.63) is 42.1 Å². The number of rotatable bonds is 4. The lowest BCUT2D eigenvalue weighted by atomic mass is 10.2. The molecule has 0 spiro atoms. The summed E-state index contributed by atoms with van der Waals surface area (Å²) < 4.78 is 22.4. The number of hydrogen-bond donors (Lipinski definition) is 1. The standard InChI is InChI=1S/C11H15NO2S/c1-9(2)12-8-10-4-6-11(7-5-10)15(3,13)14/h4-7,12H,1,8H2,2-3H3. The number of hydrogen-bond acceptors (Lipinski definition) is 3. The molecule has 1 N–H and O–H groups in total. The van der Waals surface area contributed by atoms with Gasteiger partial charge < -0.3 is 5.32 Å². The third-order valence-electron chi connectivity index (χ3n) is 1.95.